The van der Waals surface area contributed by atoms with Crippen molar-refractivity contribution in [3.8, 4) is 0 Å². The highest BCUT2D eigenvalue weighted by atomic mass is 16.2. The lowest BCUT2D eigenvalue weighted by atomic mass is 9.88. The SMILES string of the molecule is CC[C@H](C(=O)N[C@H](C)C(=O)NCCC(c1ccccc1)c1ccccc1)c1ccccc1. The fourth-order valence-electron chi connectivity index (χ4n) is 4.03. The summed E-state index contributed by atoms with van der Waals surface area (Å²) in [5.74, 6) is -0.342. The van der Waals surface area contributed by atoms with Gasteiger partial charge in [-0.15, -0.1) is 0 Å². The third-order valence-electron chi connectivity index (χ3n) is 5.81. The molecule has 0 fully saturated rings. The molecule has 4 heteroatoms. The molecule has 0 saturated carbocycles. The van der Waals surface area contributed by atoms with Gasteiger partial charge in [0.2, 0.25) is 11.8 Å². The van der Waals surface area contributed by atoms with Crippen LogP contribution >= 0.6 is 0 Å². The number of hydrogen-bond acceptors (Lipinski definition) is 2. The van der Waals surface area contributed by atoms with E-state index < -0.39 is 6.04 Å². The maximum absolute atomic E-state index is 12.8. The zero-order valence-corrected chi connectivity index (χ0v) is 18.8. The van der Waals surface area contributed by atoms with Gasteiger partial charge in [-0.05, 0) is 36.5 Å². The van der Waals surface area contributed by atoms with Crippen molar-refractivity contribution < 1.29 is 9.59 Å². The van der Waals surface area contributed by atoms with Crippen LogP contribution < -0.4 is 10.6 Å². The van der Waals surface area contributed by atoms with Crippen LogP contribution in [0.3, 0.4) is 0 Å². The van der Waals surface area contributed by atoms with Gasteiger partial charge in [0.1, 0.15) is 6.04 Å². The summed E-state index contributed by atoms with van der Waals surface area (Å²) in [6.45, 7) is 4.25. The lowest BCUT2D eigenvalue weighted by Crippen LogP contribution is -2.46. The highest BCUT2D eigenvalue weighted by molar-refractivity contribution is 5.90. The van der Waals surface area contributed by atoms with E-state index in [1.807, 2.05) is 73.7 Å². The Bertz CT molecular complexity index is 935. The van der Waals surface area contributed by atoms with Crippen LogP contribution in [-0.4, -0.2) is 24.4 Å². The van der Waals surface area contributed by atoms with Gasteiger partial charge in [-0.3, -0.25) is 9.59 Å². The van der Waals surface area contributed by atoms with Crippen LogP contribution in [0, 0.1) is 0 Å². The summed E-state index contributed by atoms with van der Waals surface area (Å²) < 4.78 is 0. The number of carbonyl (C=O) groups is 2. The third kappa shape index (κ3) is 6.30. The van der Waals surface area contributed by atoms with E-state index in [-0.39, 0.29) is 23.7 Å². The monoisotopic (exact) mass is 428 g/mol. The molecule has 4 nitrogen and oxygen atoms in total. The molecule has 0 aliphatic heterocycles. The fraction of sp³-hybridized carbons (Fsp3) is 0.286. The molecule has 166 valence electrons. The summed E-state index contributed by atoms with van der Waals surface area (Å²) in [4.78, 5) is 25.4. The lowest BCUT2D eigenvalue weighted by molar-refractivity contribution is -0.129. The summed E-state index contributed by atoms with van der Waals surface area (Å²) in [7, 11) is 0. The van der Waals surface area contributed by atoms with Crippen LogP contribution in [0.15, 0.2) is 91.0 Å². The van der Waals surface area contributed by atoms with Crippen LogP contribution in [0.25, 0.3) is 0 Å². The first-order valence-electron chi connectivity index (χ1n) is 11.3. The van der Waals surface area contributed by atoms with Crippen LogP contribution in [0.1, 0.15) is 55.2 Å². The molecule has 3 aromatic rings. The average Bonchev–Trinajstić information content (AvgIpc) is 2.84. The molecule has 3 rings (SSSR count). The first-order valence-corrected chi connectivity index (χ1v) is 11.3. The van der Waals surface area contributed by atoms with Crippen LogP contribution in [0.5, 0.6) is 0 Å². The number of amides is 2. The van der Waals surface area contributed by atoms with Gasteiger partial charge in [-0.2, -0.15) is 0 Å². The predicted octanol–water partition coefficient (Wildman–Crippen LogP) is 5.02. The molecule has 2 amide bonds. The first kappa shape index (κ1) is 23.3. The first-order chi connectivity index (χ1) is 15.6. The summed E-state index contributed by atoms with van der Waals surface area (Å²) in [6.07, 6.45) is 1.46. The number of rotatable bonds is 10. The zero-order chi connectivity index (χ0) is 22.8. The topological polar surface area (TPSA) is 58.2 Å². The average molecular weight is 429 g/mol. The minimum atomic E-state index is -0.591. The molecule has 0 radical (unpaired) electrons. The predicted molar refractivity (Wildman–Crippen MR) is 129 cm³/mol. The molecule has 0 bridgehead atoms. The van der Waals surface area contributed by atoms with E-state index in [0.717, 1.165) is 12.0 Å². The van der Waals surface area contributed by atoms with Gasteiger partial charge in [0.15, 0.2) is 0 Å². The maximum Gasteiger partial charge on any atom is 0.242 e. The molecule has 0 heterocycles. The molecule has 0 aliphatic carbocycles. The molecular formula is C28H32N2O2. The highest BCUT2D eigenvalue weighted by Gasteiger charge is 2.23. The number of nitrogens with one attached hydrogen (secondary N) is 2. The van der Waals surface area contributed by atoms with Gasteiger partial charge in [-0.1, -0.05) is 97.9 Å². The van der Waals surface area contributed by atoms with E-state index in [4.69, 9.17) is 0 Å². The highest BCUT2D eigenvalue weighted by Crippen LogP contribution is 2.27. The molecule has 0 spiro atoms. The van der Waals surface area contributed by atoms with Crippen LogP contribution in [0.2, 0.25) is 0 Å². The summed E-state index contributed by atoms with van der Waals surface area (Å²) in [5, 5.41) is 5.88. The van der Waals surface area contributed by atoms with Crippen molar-refractivity contribution in [3.63, 3.8) is 0 Å². The van der Waals surface area contributed by atoms with Crippen molar-refractivity contribution in [2.24, 2.45) is 0 Å². The van der Waals surface area contributed by atoms with E-state index >= 15 is 0 Å². The number of hydrogen-bond donors (Lipinski definition) is 2. The number of carbonyl (C=O) groups excluding carboxylic acids is 2. The van der Waals surface area contributed by atoms with E-state index in [2.05, 4.69) is 34.9 Å². The zero-order valence-electron chi connectivity index (χ0n) is 18.8. The van der Waals surface area contributed by atoms with Crippen LogP contribution in [0.4, 0.5) is 0 Å². The Balaban J connectivity index is 1.56. The molecule has 2 atom stereocenters. The Labute approximate surface area is 191 Å². The van der Waals surface area contributed by atoms with E-state index in [9.17, 15) is 9.59 Å². The number of benzene rings is 3. The molecule has 32 heavy (non-hydrogen) atoms. The molecule has 0 unspecified atom stereocenters. The largest absolute Gasteiger partial charge is 0.354 e. The van der Waals surface area contributed by atoms with Crippen LogP contribution in [-0.2, 0) is 9.59 Å². The second-order valence-electron chi connectivity index (χ2n) is 8.06. The van der Waals surface area contributed by atoms with Gasteiger partial charge < -0.3 is 10.6 Å². The van der Waals surface area contributed by atoms with Crippen molar-refractivity contribution in [3.05, 3.63) is 108 Å². The Morgan fingerprint density at radius 1 is 0.719 bits per heavy atom. The molecule has 3 aromatic carbocycles. The normalized spacial score (nSPS) is 12.7. The van der Waals surface area contributed by atoms with Gasteiger partial charge >= 0.3 is 0 Å². The standard InChI is InChI=1S/C28H32N2O2/c1-3-25(22-13-7-4-8-14-22)28(32)30-21(2)27(31)29-20-19-26(23-15-9-5-10-16-23)24-17-11-6-12-18-24/h4-18,21,25-26H,3,19-20H2,1-2H3,(H,29,31)(H,30,32)/t21-,25+/m1/s1. The third-order valence-corrected chi connectivity index (χ3v) is 5.81. The maximum atomic E-state index is 12.8. The summed E-state index contributed by atoms with van der Waals surface area (Å²) in [5.41, 5.74) is 3.42. The van der Waals surface area contributed by atoms with Crippen molar-refractivity contribution >= 4 is 11.8 Å². The molecule has 2 N–H and O–H groups in total. The smallest absolute Gasteiger partial charge is 0.242 e. The van der Waals surface area contributed by atoms with E-state index in [1.165, 1.54) is 11.1 Å². The second kappa shape index (κ2) is 11.8. The second-order valence-corrected chi connectivity index (χ2v) is 8.06. The molecule has 0 saturated heterocycles. The van der Waals surface area contributed by atoms with E-state index in [1.54, 1.807) is 6.92 Å². The molecule has 0 aromatic heterocycles. The van der Waals surface area contributed by atoms with Gasteiger partial charge in [0, 0.05) is 12.5 Å². The molecular weight excluding hydrogens is 396 g/mol. The molecule has 0 aliphatic rings. The Morgan fingerprint density at radius 2 is 1.19 bits per heavy atom. The van der Waals surface area contributed by atoms with Gasteiger partial charge in [0.05, 0.1) is 5.92 Å². The summed E-state index contributed by atoms with van der Waals surface area (Å²) in [6, 6.07) is 29.8. The van der Waals surface area contributed by atoms with E-state index in [0.29, 0.717) is 13.0 Å². The van der Waals surface area contributed by atoms with Gasteiger partial charge in [0.25, 0.3) is 0 Å². The Kier molecular flexibility index (Phi) is 8.61. The fourth-order valence-corrected chi connectivity index (χ4v) is 4.03. The lowest BCUT2D eigenvalue weighted by Gasteiger charge is -2.21. The minimum absolute atomic E-state index is 0.118. The summed E-state index contributed by atoms with van der Waals surface area (Å²) >= 11 is 0. The Morgan fingerprint density at radius 3 is 1.66 bits per heavy atom. The Hall–Kier alpha value is -3.40. The quantitative estimate of drug-likeness (QED) is 0.476. The van der Waals surface area contributed by atoms with Crippen molar-refractivity contribution in [1.82, 2.24) is 10.6 Å². The van der Waals surface area contributed by atoms with Gasteiger partial charge in [-0.25, -0.2) is 0 Å². The van der Waals surface area contributed by atoms with Crippen molar-refractivity contribution in [1.29, 1.82) is 0 Å². The van der Waals surface area contributed by atoms with Crippen molar-refractivity contribution in [2.75, 3.05) is 6.54 Å². The van der Waals surface area contributed by atoms with Crippen molar-refractivity contribution in [2.45, 2.75) is 44.6 Å². The minimum Gasteiger partial charge on any atom is -0.354 e.